The van der Waals surface area contributed by atoms with Gasteiger partial charge in [0.25, 0.3) is 0 Å². The van der Waals surface area contributed by atoms with Crippen LogP contribution in [0.4, 0.5) is 11.6 Å². The van der Waals surface area contributed by atoms with Crippen molar-refractivity contribution in [3.63, 3.8) is 0 Å². The molecule has 0 saturated carbocycles. The quantitative estimate of drug-likeness (QED) is 0.545. The summed E-state index contributed by atoms with van der Waals surface area (Å²) in [4.78, 5) is 11.2. The summed E-state index contributed by atoms with van der Waals surface area (Å²) in [5.74, 6) is 7.70. The monoisotopic (exact) mass is 280 g/mol. The molecule has 0 spiro atoms. The molecule has 0 aliphatic heterocycles. The predicted molar refractivity (Wildman–Crippen MR) is 84.8 cm³/mol. The molecule has 6 nitrogen and oxygen atoms in total. The minimum atomic E-state index is -0.115. The van der Waals surface area contributed by atoms with Crippen LogP contribution in [0.2, 0.25) is 0 Å². The molecule has 0 amide bonds. The Kier molecular flexibility index (Phi) is 5.71. The second-order valence-corrected chi connectivity index (χ2v) is 6.49. The van der Waals surface area contributed by atoms with Crippen LogP contribution in [0.3, 0.4) is 0 Å². The third kappa shape index (κ3) is 5.30. The zero-order valence-electron chi connectivity index (χ0n) is 13.5. The largest absolute Gasteiger partial charge is 0.367 e. The van der Waals surface area contributed by atoms with Gasteiger partial charge >= 0.3 is 0 Å². The van der Waals surface area contributed by atoms with Gasteiger partial charge in [-0.25, -0.2) is 15.8 Å². The lowest BCUT2D eigenvalue weighted by atomic mass is 9.96. The van der Waals surface area contributed by atoms with E-state index < -0.39 is 0 Å². The maximum Gasteiger partial charge on any atom is 0.145 e. The van der Waals surface area contributed by atoms with Crippen LogP contribution in [-0.2, 0) is 5.41 Å². The van der Waals surface area contributed by atoms with Crippen LogP contribution in [0, 0.1) is 0 Å². The van der Waals surface area contributed by atoms with Gasteiger partial charge in [-0.05, 0) is 34.0 Å². The first-order valence-corrected chi connectivity index (χ1v) is 7.00. The Morgan fingerprint density at radius 2 is 1.85 bits per heavy atom. The minimum Gasteiger partial charge on any atom is -0.367 e. The molecule has 1 aromatic rings. The third-order valence-electron chi connectivity index (χ3n) is 2.95. The fourth-order valence-corrected chi connectivity index (χ4v) is 1.71. The van der Waals surface area contributed by atoms with Crippen LogP contribution in [0.1, 0.15) is 39.9 Å². The van der Waals surface area contributed by atoms with Crippen LogP contribution >= 0.6 is 0 Å². The summed E-state index contributed by atoms with van der Waals surface area (Å²) < 4.78 is 0. The first-order chi connectivity index (χ1) is 9.22. The Morgan fingerprint density at radius 1 is 1.25 bits per heavy atom. The highest BCUT2D eigenvalue weighted by atomic mass is 15.3. The molecule has 1 unspecified atom stereocenters. The Balaban J connectivity index is 2.84. The summed E-state index contributed by atoms with van der Waals surface area (Å²) in [6.45, 7) is 9.44. The van der Waals surface area contributed by atoms with Crippen molar-refractivity contribution in [2.45, 2.75) is 45.6 Å². The number of nitrogens with zero attached hydrogens (tertiary/aromatic N) is 3. The molecule has 0 radical (unpaired) electrons. The molecule has 1 rings (SSSR count). The molecule has 0 aromatic carbocycles. The molecule has 0 bridgehead atoms. The molecular formula is C14H28N6. The van der Waals surface area contributed by atoms with Gasteiger partial charge in [0.1, 0.15) is 17.5 Å². The highest BCUT2D eigenvalue weighted by Crippen LogP contribution is 2.22. The lowest BCUT2D eigenvalue weighted by Gasteiger charge is -2.21. The fraction of sp³-hybridized carbons (Fsp3) is 0.714. The van der Waals surface area contributed by atoms with E-state index in [9.17, 15) is 0 Å². The van der Waals surface area contributed by atoms with Crippen molar-refractivity contribution in [1.82, 2.24) is 14.9 Å². The number of hydrazine groups is 1. The molecule has 4 N–H and O–H groups in total. The summed E-state index contributed by atoms with van der Waals surface area (Å²) in [7, 11) is 4.15. The van der Waals surface area contributed by atoms with Gasteiger partial charge in [-0.15, -0.1) is 0 Å². The van der Waals surface area contributed by atoms with E-state index in [1.54, 1.807) is 0 Å². The SMILES string of the molecule is CC(CCN(C)C)Nc1cc(NN)nc(C(C)(C)C)n1. The van der Waals surface area contributed by atoms with E-state index >= 15 is 0 Å². The van der Waals surface area contributed by atoms with E-state index in [1.807, 2.05) is 6.07 Å². The second-order valence-electron chi connectivity index (χ2n) is 6.49. The van der Waals surface area contributed by atoms with Crippen LogP contribution in [0.15, 0.2) is 6.07 Å². The summed E-state index contributed by atoms with van der Waals surface area (Å²) >= 11 is 0. The van der Waals surface area contributed by atoms with Crippen molar-refractivity contribution < 1.29 is 0 Å². The smallest absolute Gasteiger partial charge is 0.145 e. The topological polar surface area (TPSA) is 79.1 Å². The zero-order valence-corrected chi connectivity index (χ0v) is 13.5. The lowest BCUT2D eigenvalue weighted by Crippen LogP contribution is -2.25. The van der Waals surface area contributed by atoms with Gasteiger partial charge in [-0.2, -0.15) is 0 Å². The molecule has 6 heteroatoms. The summed E-state index contributed by atoms with van der Waals surface area (Å²) in [6.07, 6.45) is 1.05. The molecule has 0 saturated heterocycles. The van der Waals surface area contributed by atoms with Crippen LogP contribution in [0.25, 0.3) is 0 Å². The molecule has 1 aromatic heterocycles. The molecule has 20 heavy (non-hydrogen) atoms. The van der Waals surface area contributed by atoms with E-state index in [0.717, 1.165) is 24.6 Å². The lowest BCUT2D eigenvalue weighted by molar-refractivity contribution is 0.390. The van der Waals surface area contributed by atoms with Crippen LogP contribution in [0.5, 0.6) is 0 Å². The minimum absolute atomic E-state index is 0.115. The highest BCUT2D eigenvalue weighted by Gasteiger charge is 2.19. The predicted octanol–water partition coefficient (Wildman–Crippen LogP) is 1.81. The Morgan fingerprint density at radius 3 is 2.35 bits per heavy atom. The van der Waals surface area contributed by atoms with Gasteiger partial charge in [0.05, 0.1) is 0 Å². The van der Waals surface area contributed by atoms with Crippen molar-refractivity contribution >= 4 is 11.6 Å². The molecule has 1 heterocycles. The molecule has 1 atom stereocenters. The van der Waals surface area contributed by atoms with Gasteiger partial charge in [0.2, 0.25) is 0 Å². The van der Waals surface area contributed by atoms with Crippen molar-refractivity contribution in [2.75, 3.05) is 31.4 Å². The number of rotatable bonds is 6. The number of aromatic nitrogens is 2. The Hall–Kier alpha value is -1.40. The maximum absolute atomic E-state index is 5.49. The molecule has 0 fully saturated rings. The highest BCUT2D eigenvalue weighted by molar-refractivity contribution is 5.48. The molecule has 114 valence electrons. The van der Waals surface area contributed by atoms with Crippen molar-refractivity contribution in [3.8, 4) is 0 Å². The number of nitrogens with one attached hydrogen (secondary N) is 2. The van der Waals surface area contributed by atoms with E-state index in [-0.39, 0.29) is 5.41 Å². The third-order valence-corrected chi connectivity index (χ3v) is 2.95. The summed E-state index contributed by atoms with van der Waals surface area (Å²) in [6, 6.07) is 2.17. The molecule has 0 aliphatic rings. The molecule has 0 aliphatic carbocycles. The van der Waals surface area contributed by atoms with Crippen molar-refractivity contribution in [1.29, 1.82) is 0 Å². The summed E-state index contributed by atoms with van der Waals surface area (Å²) in [5, 5.41) is 3.41. The first-order valence-electron chi connectivity index (χ1n) is 7.00. The maximum atomic E-state index is 5.49. The van der Waals surface area contributed by atoms with Gasteiger partial charge in [-0.1, -0.05) is 20.8 Å². The number of hydrogen-bond donors (Lipinski definition) is 3. The Bertz CT molecular complexity index is 424. The zero-order chi connectivity index (χ0) is 15.3. The number of nitrogen functional groups attached to an aromatic ring is 1. The van der Waals surface area contributed by atoms with E-state index in [1.165, 1.54) is 0 Å². The van der Waals surface area contributed by atoms with Gasteiger partial charge in [-0.3, -0.25) is 0 Å². The number of anilines is 2. The van der Waals surface area contributed by atoms with Crippen LogP contribution in [-0.4, -0.2) is 41.5 Å². The van der Waals surface area contributed by atoms with Crippen molar-refractivity contribution in [2.24, 2.45) is 5.84 Å². The van der Waals surface area contributed by atoms with Crippen LogP contribution < -0.4 is 16.6 Å². The average molecular weight is 280 g/mol. The van der Waals surface area contributed by atoms with Gasteiger partial charge in [0, 0.05) is 17.5 Å². The normalized spacial score (nSPS) is 13.4. The Labute approximate surface area is 122 Å². The number of hydrogen-bond acceptors (Lipinski definition) is 6. The van der Waals surface area contributed by atoms with Crippen molar-refractivity contribution in [3.05, 3.63) is 11.9 Å². The van der Waals surface area contributed by atoms with E-state index in [4.69, 9.17) is 5.84 Å². The van der Waals surface area contributed by atoms with E-state index in [2.05, 4.69) is 67.4 Å². The average Bonchev–Trinajstić information content (AvgIpc) is 2.34. The standard InChI is InChI=1S/C14H28N6/c1-10(7-8-20(5)6)16-11-9-12(19-15)18-13(17-11)14(2,3)4/h9-10H,7-8,15H2,1-6H3,(H2,16,17,18,19). The molecular weight excluding hydrogens is 252 g/mol. The second kappa shape index (κ2) is 6.85. The van der Waals surface area contributed by atoms with Gasteiger partial charge in [0.15, 0.2) is 0 Å². The number of nitrogens with two attached hydrogens (primary N) is 1. The summed E-state index contributed by atoms with van der Waals surface area (Å²) in [5.41, 5.74) is 2.49. The first kappa shape index (κ1) is 16.7. The fourth-order valence-electron chi connectivity index (χ4n) is 1.71. The van der Waals surface area contributed by atoms with E-state index in [0.29, 0.717) is 11.9 Å². The van der Waals surface area contributed by atoms with Gasteiger partial charge < -0.3 is 15.6 Å².